The summed E-state index contributed by atoms with van der Waals surface area (Å²) in [6, 6.07) is 3.69. The van der Waals surface area contributed by atoms with Crippen molar-refractivity contribution in [3.05, 3.63) is 40.5 Å². The van der Waals surface area contributed by atoms with Crippen molar-refractivity contribution in [3.63, 3.8) is 0 Å². The molecule has 16 heavy (non-hydrogen) atoms. The van der Waals surface area contributed by atoms with Gasteiger partial charge in [0.25, 0.3) is 0 Å². The van der Waals surface area contributed by atoms with Crippen molar-refractivity contribution in [1.82, 2.24) is 9.97 Å². The topological polar surface area (TPSA) is 49.2 Å². The lowest BCUT2D eigenvalue weighted by molar-refractivity contribution is 0.281. The van der Waals surface area contributed by atoms with Gasteiger partial charge in [-0.3, -0.25) is 0 Å². The Balaban J connectivity index is 2.11. The third kappa shape index (κ3) is 2.56. The molecule has 0 unspecified atom stereocenters. The molecule has 0 amide bonds. The number of hydrogen-bond acceptors (Lipinski definition) is 5. The lowest BCUT2D eigenvalue weighted by atomic mass is 10.2. The van der Waals surface area contributed by atoms with Crippen LogP contribution in [0.25, 0.3) is 0 Å². The van der Waals surface area contributed by atoms with Crippen molar-refractivity contribution in [1.29, 1.82) is 0 Å². The van der Waals surface area contributed by atoms with Gasteiger partial charge in [-0.1, -0.05) is 0 Å². The third-order valence-electron chi connectivity index (χ3n) is 2.27. The van der Waals surface area contributed by atoms with Crippen molar-refractivity contribution < 1.29 is 5.11 Å². The van der Waals surface area contributed by atoms with E-state index in [-0.39, 0.29) is 6.61 Å². The van der Waals surface area contributed by atoms with E-state index in [1.165, 1.54) is 0 Å². The maximum atomic E-state index is 9.04. The summed E-state index contributed by atoms with van der Waals surface area (Å²) in [6.45, 7) is 0.769. The molecule has 2 aromatic heterocycles. The summed E-state index contributed by atoms with van der Waals surface area (Å²) in [5.74, 6) is 0.847. The maximum absolute atomic E-state index is 9.04. The van der Waals surface area contributed by atoms with Gasteiger partial charge < -0.3 is 10.0 Å². The first-order valence-electron chi connectivity index (χ1n) is 4.93. The average molecular weight is 235 g/mol. The standard InChI is InChI=1S/C11H13N3OS/c1-14(5-10-7-16-8-13-10)11-4-9(6-15)2-3-12-11/h2-4,7-8,15H,5-6H2,1H3. The molecule has 0 aliphatic carbocycles. The van der Waals surface area contributed by atoms with Crippen molar-refractivity contribution in [2.24, 2.45) is 0 Å². The van der Waals surface area contributed by atoms with Crippen molar-refractivity contribution in [2.45, 2.75) is 13.2 Å². The molecule has 0 aliphatic heterocycles. The molecule has 0 aliphatic rings. The van der Waals surface area contributed by atoms with E-state index in [0.29, 0.717) is 0 Å². The second-order valence-electron chi connectivity index (χ2n) is 3.52. The summed E-state index contributed by atoms with van der Waals surface area (Å²) < 4.78 is 0. The molecule has 0 bridgehead atoms. The van der Waals surface area contributed by atoms with E-state index in [1.807, 2.05) is 28.9 Å². The zero-order chi connectivity index (χ0) is 11.4. The molecule has 2 aromatic rings. The van der Waals surface area contributed by atoms with Gasteiger partial charge in [-0.05, 0) is 17.7 Å². The van der Waals surface area contributed by atoms with Gasteiger partial charge in [0.2, 0.25) is 0 Å². The number of aliphatic hydroxyl groups excluding tert-OH is 1. The number of pyridine rings is 1. The fourth-order valence-electron chi connectivity index (χ4n) is 1.41. The molecule has 0 atom stereocenters. The van der Waals surface area contributed by atoms with Crippen LogP contribution in [0.5, 0.6) is 0 Å². The number of aromatic nitrogens is 2. The molecule has 1 N–H and O–H groups in total. The van der Waals surface area contributed by atoms with E-state index in [1.54, 1.807) is 23.6 Å². The molecule has 0 spiro atoms. The first-order chi connectivity index (χ1) is 7.79. The first-order valence-corrected chi connectivity index (χ1v) is 5.88. The van der Waals surface area contributed by atoms with E-state index in [0.717, 1.165) is 23.6 Å². The molecule has 0 saturated heterocycles. The lowest BCUT2D eigenvalue weighted by Gasteiger charge is -2.17. The highest BCUT2D eigenvalue weighted by Crippen LogP contribution is 2.14. The predicted molar refractivity (Wildman–Crippen MR) is 64.4 cm³/mol. The SMILES string of the molecule is CN(Cc1cscn1)c1cc(CO)ccn1. The number of thiazole rings is 1. The minimum absolute atomic E-state index is 0.0417. The van der Waals surface area contributed by atoms with E-state index in [2.05, 4.69) is 9.97 Å². The van der Waals surface area contributed by atoms with Crippen LogP contribution in [0.2, 0.25) is 0 Å². The van der Waals surface area contributed by atoms with Gasteiger partial charge in [-0.25, -0.2) is 9.97 Å². The smallest absolute Gasteiger partial charge is 0.128 e. The summed E-state index contributed by atoms with van der Waals surface area (Å²) in [5, 5.41) is 11.1. The van der Waals surface area contributed by atoms with Crippen molar-refractivity contribution >= 4 is 17.2 Å². The Labute approximate surface area is 98.2 Å². The summed E-state index contributed by atoms with van der Waals surface area (Å²) in [4.78, 5) is 10.5. The highest BCUT2D eigenvalue weighted by atomic mass is 32.1. The molecule has 0 saturated carbocycles. The second kappa shape index (κ2) is 5.05. The summed E-state index contributed by atoms with van der Waals surface area (Å²) >= 11 is 1.59. The molecule has 5 heteroatoms. The zero-order valence-corrected chi connectivity index (χ0v) is 9.81. The molecule has 0 aromatic carbocycles. The first kappa shape index (κ1) is 11.0. The monoisotopic (exact) mass is 235 g/mol. The Morgan fingerprint density at radius 2 is 2.31 bits per heavy atom. The number of rotatable bonds is 4. The van der Waals surface area contributed by atoms with Gasteiger partial charge in [0.15, 0.2) is 0 Å². The van der Waals surface area contributed by atoms with Crippen LogP contribution in [-0.4, -0.2) is 22.1 Å². The van der Waals surface area contributed by atoms with Crippen molar-refractivity contribution in [2.75, 3.05) is 11.9 Å². The predicted octanol–water partition coefficient (Wildman–Crippen LogP) is 1.67. The second-order valence-corrected chi connectivity index (χ2v) is 4.23. The number of aliphatic hydroxyl groups is 1. The van der Waals surface area contributed by atoms with Crippen LogP contribution in [0.15, 0.2) is 29.2 Å². The zero-order valence-electron chi connectivity index (χ0n) is 9.00. The van der Waals surface area contributed by atoms with Gasteiger partial charge >= 0.3 is 0 Å². The Kier molecular flexibility index (Phi) is 3.48. The highest BCUT2D eigenvalue weighted by molar-refractivity contribution is 7.07. The van der Waals surface area contributed by atoms with Gasteiger partial charge in [0.1, 0.15) is 5.82 Å². The van der Waals surface area contributed by atoms with Crippen molar-refractivity contribution in [3.8, 4) is 0 Å². The fourth-order valence-corrected chi connectivity index (χ4v) is 1.96. The quantitative estimate of drug-likeness (QED) is 0.875. The van der Waals surface area contributed by atoms with Crippen LogP contribution in [0.4, 0.5) is 5.82 Å². The average Bonchev–Trinajstić information content (AvgIpc) is 2.82. The molecule has 2 rings (SSSR count). The van der Waals surface area contributed by atoms with Crippen LogP contribution in [-0.2, 0) is 13.2 Å². The largest absolute Gasteiger partial charge is 0.392 e. The lowest BCUT2D eigenvalue weighted by Crippen LogP contribution is -2.17. The summed E-state index contributed by atoms with van der Waals surface area (Å²) in [5.41, 5.74) is 3.72. The van der Waals surface area contributed by atoms with Gasteiger partial charge in [0.05, 0.1) is 24.4 Å². The van der Waals surface area contributed by atoms with Gasteiger partial charge in [0, 0.05) is 18.6 Å². The van der Waals surface area contributed by atoms with Crippen LogP contribution < -0.4 is 4.90 Å². The fraction of sp³-hybridized carbons (Fsp3) is 0.273. The van der Waals surface area contributed by atoms with Crippen LogP contribution >= 0.6 is 11.3 Å². The van der Waals surface area contributed by atoms with Crippen LogP contribution in [0.1, 0.15) is 11.3 Å². The van der Waals surface area contributed by atoms with E-state index in [4.69, 9.17) is 5.11 Å². The Bertz CT molecular complexity index is 444. The highest BCUT2D eigenvalue weighted by Gasteiger charge is 2.05. The minimum atomic E-state index is 0.0417. The molecule has 84 valence electrons. The van der Waals surface area contributed by atoms with Gasteiger partial charge in [-0.2, -0.15) is 0 Å². The maximum Gasteiger partial charge on any atom is 0.128 e. The normalized spacial score (nSPS) is 10.4. The molecule has 0 radical (unpaired) electrons. The number of hydrogen-bond donors (Lipinski definition) is 1. The number of anilines is 1. The summed E-state index contributed by atoms with van der Waals surface area (Å²) in [7, 11) is 1.96. The van der Waals surface area contributed by atoms with Crippen LogP contribution in [0.3, 0.4) is 0 Å². The summed E-state index contributed by atoms with van der Waals surface area (Å²) in [6.07, 6.45) is 1.71. The molecule has 4 nitrogen and oxygen atoms in total. The van der Waals surface area contributed by atoms with E-state index >= 15 is 0 Å². The van der Waals surface area contributed by atoms with Crippen LogP contribution in [0, 0.1) is 0 Å². The number of nitrogens with zero attached hydrogens (tertiary/aromatic N) is 3. The Morgan fingerprint density at radius 1 is 1.44 bits per heavy atom. The molecular weight excluding hydrogens is 222 g/mol. The minimum Gasteiger partial charge on any atom is -0.392 e. The van der Waals surface area contributed by atoms with E-state index < -0.39 is 0 Å². The Morgan fingerprint density at radius 3 is 3.00 bits per heavy atom. The van der Waals surface area contributed by atoms with Gasteiger partial charge in [-0.15, -0.1) is 11.3 Å². The Hall–Kier alpha value is -1.46. The van der Waals surface area contributed by atoms with E-state index in [9.17, 15) is 0 Å². The molecule has 2 heterocycles. The third-order valence-corrected chi connectivity index (χ3v) is 2.90. The molecular formula is C11H13N3OS. The molecule has 0 fully saturated rings.